The van der Waals surface area contributed by atoms with Gasteiger partial charge in [0.15, 0.2) is 0 Å². The molecular formula is C10H11BrN2O. The molecule has 0 aliphatic rings. The van der Waals surface area contributed by atoms with Gasteiger partial charge in [-0.05, 0) is 28.1 Å². The lowest BCUT2D eigenvalue weighted by Gasteiger charge is -1.98. The molecule has 1 aromatic carbocycles. The number of hydrogen-bond acceptors (Lipinski definition) is 2. The van der Waals surface area contributed by atoms with Gasteiger partial charge in [-0.1, -0.05) is 6.07 Å². The van der Waals surface area contributed by atoms with Gasteiger partial charge < -0.3 is 9.67 Å². The first-order valence-electron chi connectivity index (χ1n) is 4.44. The summed E-state index contributed by atoms with van der Waals surface area (Å²) in [6.45, 7) is 0.134. The Morgan fingerprint density at radius 2 is 2.29 bits per heavy atom. The number of fused-ring (bicyclic) bond motifs is 1. The number of aromatic nitrogens is 2. The molecule has 2 aromatic rings. The largest absolute Gasteiger partial charge is 0.396 e. The van der Waals surface area contributed by atoms with E-state index >= 15 is 0 Å². The van der Waals surface area contributed by atoms with E-state index in [9.17, 15) is 0 Å². The summed E-state index contributed by atoms with van der Waals surface area (Å²) in [6.07, 6.45) is 0.595. The summed E-state index contributed by atoms with van der Waals surface area (Å²) < 4.78 is 3.01. The molecule has 0 amide bonds. The van der Waals surface area contributed by atoms with Crippen molar-refractivity contribution in [2.24, 2.45) is 7.05 Å². The van der Waals surface area contributed by atoms with Crippen molar-refractivity contribution in [3.05, 3.63) is 28.5 Å². The Hall–Kier alpha value is -0.870. The highest BCUT2D eigenvalue weighted by molar-refractivity contribution is 9.10. The number of aliphatic hydroxyl groups is 1. The molecule has 1 aromatic heterocycles. The van der Waals surface area contributed by atoms with E-state index in [1.165, 1.54) is 0 Å². The second-order valence-electron chi connectivity index (χ2n) is 3.17. The minimum absolute atomic E-state index is 0.134. The van der Waals surface area contributed by atoms with E-state index in [0.717, 1.165) is 21.3 Å². The van der Waals surface area contributed by atoms with E-state index in [1.807, 2.05) is 29.8 Å². The van der Waals surface area contributed by atoms with Crippen molar-refractivity contribution in [2.45, 2.75) is 6.42 Å². The Labute approximate surface area is 90.5 Å². The number of rotatable bonds is 2. The number of benzene rings is 1. The van der Waals surface area contributed by atoms with E-state index in [2.05, 4.69) is 20.9 Å². The lowest BCUT2D eigenvalue weighted by Crippen LogP contribution is -2.00. The molecule has 0 saturated carbocycles. The van der Waals surface area contributed by atoms with E-state index < -0.39 is 0 Å². The maximum Gasteiger partial charge on any atom is 0.111 e. The van der Waals surface area contributed by atoms with Crippen LogP contribution in [-0.4, -0.2) is 21.3 Å². The summed E-state index contributed by atoms with van der Waals surface area (Å²) in [5.41, 5.74) is 2.04. The summed E-state index contributed by atoms with van der Waals surface area (Å²) in [7, 11) is 1.97. The molecule has 0 fully saturated rings. The number of nitrogens with zero attached hydrogens (tertiary/aromatic N) is 2. The summed E-state index contributed by atoms with van der Waals surface area (Å²) in [6, 6.07) is 5.98. The highest BCUT2D eigenvalue weighted by Gasteiger charge is 2.08. The van der Waals surface area contributed by atoms with Crippen LogP contribution in [-0.2, 0) is 13.5 Å². The van der Waals surface area contributed by atoms with Gasteiger partial charge in [-0.25, -0.2) is 4.98 Å². The van der Waals surface area contributed by atoms with Crippen LogP contribution in [0.1, 0.15) is 5.82 Å². The molecule has 0 unspecified atom stereocenters. The van der Waals surface area contributed by atoms with E-state index in [4.69, 9.17) is 5.11 Å². The van der Waals surface area contributed by atoms with Gasteiger partial charge in [0.1, 0.15) is 11.3 Å². The van der Waals surface area contributed by atoms with Crippen molar-refractivity contribution in [2.75, 3.05) is 6.61 Å². The maximum atomic E-state index is 8.87. The van der Waals surface area contributed by atoms with E-state index in [1.54, 1.807) is 0 Å². The molecule has 14 heavy (non-hydrogen) atoms. The average Bonchev–Trinajstić information content (AvgIpc) is 2.48. The Morgan fingerprint density at radius 1 is 1.50 bits per heavy atom. The normalized spacial score (nSPS) is 11.1. The monoisotopic (exact) mass is 254 g/mol. The lowest BCUT2D eigenvalue weighted by molar-refractivity contribution is 0.295. The van der Waals surface area contributed by atoms with Crippen molar-refractivity contribution in [3.63, 3.8) is 0 Å². The fourth-order valence-electron chi connectivity index (χ4n) is 1.55. The Bertz CT molecular complexity index is 464. The zero-order valence-electron chi connectivity index (χ0n) is 7.87. The smallest absolute Gasteiger partial charge is 0.111 e. The van der Waals surface area contributed by atoms with Crippen molar-refractivity contribution >= 4 is 27.0 Å². The summed E-state index contributed by atoms with van der Waals surface area (Å²) >= 11 is 3.46. The number of aryl methyl sites for hydroxylation is 1. The second kappa shape index (κ2) is 3.71. The first-order valence-corrected chi connectivity index (χ1v) is 5.24. The highest BCUT2D eigenvalue weighted by atomic mass is 79.9. The molecule has 2 rings (SSSR count). The van der Waals surface area contributed by atoms with Crippen LogP contribution in [0.5, 0.6) is 0 Å². The minimum Gasteiger partial charge on any atom is -0.396 e. The number of imidazole rings is 1. The summed E-state index contributed by atoms with van der Waals surface area (Å²) in [5.74, 6) is 0.911. The second-order valence-corrected chi connectivity index (χ2v) is 4.02. The quantitative estimate of drug-likeness (QED) is 0.889. The van der Waals surface area contributed by atoms with Crippen LogP contribution in [0.25, 0.3) is 11.0 Å². The van der Waals surface area contributed by atoms with Gasteiger partial charge in [-0.3, -0.25) is 0 Å². The van der Waals surface area contributed by atoms with Crippen LogP contribution in [0, 0.1) is 0 Å². The van der Waals surface area contributed by atoms with E-state index in [0.29, 0.717) is 6.42 Å². The van der Waals surface area contributed by atoms with Gasteiger partial charge in [0.25, 0.3) is 0 Å². The Kier molecular flexibility index (Phi) is 2.56. The van der Waals surface area contributed by atoms with Gasteiger partial charge in [0, 0.05) is 17.9 Å². The molecule has 0 bridgehead atoms. The van der Waals surface area contributed by atoms with Crippen LogP contribution >= 0.6 is 15.9 Å². The zero-order valence-corrected chi connectivity index (χ0v) is 9.45. The van der Waals surface area contributed by atoms with Crippen molar-refractivity contribution in [3.8, 4) is 0 Å². The van der Waals surface area contributed by atoms with Crippen LogP contribution in [0.2, 0.25) is 0 Å². The molecule has 1 N–H and O–H groups in total. The molecule has 0 aliphatic carbocycles. The summed E-state index contributed by atoms with van der Waals surface area (Å²) in [4.78, 5) is 4.46. The van der Waals surface area contributed by atoms with Gasteiger partial charge in [0.2, 0.25) is 0 Å². The molecule has 0 atom stereocenters. The fraction of sp³-hybridized carbons (Fsp3) is 0.300. The topological polar surface area (TPSA) is 38.0 Å². The maximum absolute atomic E-state index is 8.87. The van der Waals surface area contributed by atoms with Crippen molar-refractivity contribution in [1.82, 2.24) is 9.55 Å². The predicted octanol–water partition coefficient (Wildman–Crippen LogP) is 1.87. The molecule has 3 nitrogen and oxygen atoms in total. The SMILES string of the molecule is Cn1c(CCO)nc2c(Br)cccc21. The van der Waals surface area contributed by atoms with E-state index in [-0.39, 0.29) is 6.61 Å². The molecular weight excluding hydrogens is 244 g/mol. The molecule has 0 spiro atoms. The third-order valence-electron chi connectivity index (χ3n) is 2.29. The average molecular weight is 255 g/mol. The number of aliphatic hydroxyl groups excluding tert-OH is 1. The number of hydrogen-bond donors (Lipinski definition) is 1. The molecule has 74 valence electrons. The first kappa shape index (κ1) is 9.68. The number of para-hydroxylation sites is 1. The third-order valence-corrected chi connectivity index (χ3v) is 2.93. The summed E-state index contributed by atoms with van der Waals surface area (Å²) in [5, 5.41) is 8.87. The Balaban J connectivity index is 2.67. The van der Waals surface area contributed by atoms with Gasteiger partial charge in [-0.2, -0.15) is 0 Å². The highest BCUT2D eigenvalue weighted by Crippen LogP contribution is 2.23. The Morgan fingerprint density at radius 3 is 2.93 bits per heavy atom. The van der Waals surface area contributed by atoms with Crippen LogP contribution in [0.4, 0.5) is 0 Å². The van der Waals surface area contributed by atoms with Crippen LogP contribution in [0.15, 0.2) is 22.7 Å². The molecule has 1 heterocycles. The number of halogens is 1. The molecule has 0 radical (unpaired) electrons. The molecule has 0 aliphatic heterocycles. The van der Waals surface area contributed by atoms with Gasteiger partial charge >= 0.3 is 0 Å². The van der Waals surface area contributed by atoms with Gasteiger partial charge in [-0.15, -0.1) is 0 Å². The van der Waals surface area contributed by atoms with Crippen LogP contribution in [0.3, 0.4) is 0 Å². The first-order chi connectivity index (χ1) is 6.74. The third kappa shape index (κ3) is 1.44. The standard InChI is InChI=1S/C10H11BrN2O/c1-13-8-4-2-3-7(11)10(8)12-9(13)5-6-14/h2-4,14H,5-6H2,1H3. The predicted molar refractivity (Wildman–Crippen MR) is 59.2 cm³/mol. The minimum atomic E-state index is 0.134. The lowest BCUT2D eigenvalue weighted by atomic mass is 10.3. The van der Waals surface area contributed by atoms with Crippen molar-refractivity contribution in [1.29, 1.82) is 0 Å². The molecule has 4 heteroatoms. The molecule has 0 saturated heterocycles. The fourth-order valence-corrected chi connectivity index (χ4v) is 2.00. The van der Waals surface area contributed by atoms with Gasteiger partial charge in [0.05, 0.1) is 12.1 Å². The van der Waals surface area contributed by atoms with Crippen molar-refractivity contribution < 1.29 is 5.11 Å². The zero-order chi connectivity index (χ0) is 10.1. The van der Waals surface area contributed by atoms with Crippen LogP contribution < -0.4 is 0 Å².